The number of unbranched alkanes of at least 4 members (excludes halogenated alkanes) is 6. The molecule has 0 radical (unpaired) electrons. The number of rotatable bonds is 17. The van der Waals surface area contributed by atoms with E-state index in [0.29, 0.717) is 6.54 Å². The fourth-order valence-electron chi connectivity index (χ4n) is 5.44. The average Bonchev–Trinajstić information content (AvgIpc) is 3.20. The largest absolute Gasteiger partial charge is 0.392 e. The first-order chi connectivity index (χ1) is 19.2. The maximum absolute atomic E-state index is 12.1. The van der Waals surface area contributed by atoms with Crippen LogP contribution >= 0.6 is 0 Å². The summed E-state index contributed by atoms with van der Waals surface area (Å²) in [6, 6.07) is 6.05. The highest BCUT2D eigenvalue weighted by atomic mass is 16.3. The number of amides is 1. The Bertz CT molecular complexity index is 860. The summed E-state index contributed by atoms with van der Waals surface area (Å²) in [5.41, 5.74) is 3.20. The number of hydrogen-bond donors (Lipinski definition) is 4. The molecule has 6 nitrogen and oxygen atoms in total. The number of para-hydroxylation sites is 1. The predicted molar refractivity (Wildman–Crippen MR) is 167 cm³/mol. The van der Waals surface area contributed by atoms with E-state index < -0.39 is 12.2 Å². The summed E-state index contributed by atoms with van der Waals surface area (Å²) in [7, 11) is 0. The molecule has 4 N–H and O–H groups in total. The van der Waals surface area contributed by atoms with Crippen LogP contribution in [0.15, 0.2) is 30.4 Å². The van der Waals surface area contributed by atoms with Crippen molar-refractivity contribution in [3.63, 3.8) is 0 Å². The molecule has 4 atom stereocenters. The first-order valence-electron chi connectivity index (χ1n) is 15.9. The van der Waals surface area contributed by atoms with Gasteiger partial charge >= 0.3 is 0 Å². The second-order valence-corrected chi connectivity index (χ2v) is 11.5. The number of quaternary nitrogens is 1. The van der Waals surface area contributed by atoms with Gasteiger partial charge in [0.2, 0.25) is 0 Å². The third-order valence-electron chi connectivity index (χ3n) is 8.17. The third kappa shape index (κ3) is 13.6. The number of aliphatic hydroxyl groups excluding tert-OH is 2. The molecule has 4 unspecified atom stereocenters. The highest BCUT2D eigenvalue weighted by molar-refractivity contribution is 5.93. The van der Waals surface area contributed by atoms with Crippen molar-refractivity contribution < 1.29 is 24.7 Å². The molecular formula is C34H59N2O4+. The molecule has 0 aliphatic heterocycles. The van der Waals surface area contributed by atoms with Crippen LogP contribution in [0.3, 0.4) is 0 Å². The number of carbonyl (C=O) groups excluding carboxylic acids is 2. The van der Waals surface area contributed by atoms with Gasteiger partial charge in [-0.15, -0.1) is 0 Å². The minimum Gasteiger partial charge on any atom is -0.392 e. The van der Waals surface area contributed by atoms with Crippen LogP contribution in [0, 0.1) is 25.7 Å². The van der Waals surface area contributed by atoms with Gasteiger partial charge in [-0.3, -0.25) is 9.59 Å². The molecule has 0 bridgehead atoms. The monoisotopic (exact) mass is 559 g/mol. The van der Waals surface area contributed by atoms with E-state index in [2.05, 4.69) is 33.0 Å². The average molecular weight is 560 g/mol. The second kappa shape index (κ2) is 20.8. The highest BCUT2D eigenvalue weighted by Crippen LogP contribution is 2.34. The molecule has 1 aliphatic rings. The number of likely N-dealkylation sites (N-methyl/N-ethyl adjacent to an activating group) is 1. The van der Waals surface area contributed by atoms with E-state index in [4.69, 9.17) is 0 Å². The molecule has 1 aromatic rings. The summed E-state index contributed by atoms with van der Waals surface area (Å²) >= 11 is 0. The number of Topliss-reactive ketones (excluding diaryl/α,β-unsaturated/α-hetero) is 1. The van der Waals surface area contributed by atoms with E-state index in [1.807, 2.05) is 38.1 Å². The normalized spacial score (nSPS) is 19.6. The lowest BCUT2D eigenvalue weighted by Crippen LogP contribution is -3.12. The molecule has 40 heavy (non-hydrogen) atoms. The van der Waals surface area contributed by atoms with Crippen molar-refractivity contribution in [2.24, 2.45) is 11.8 Å². The zero-order valence-electron chi connectivity index (χ0n) is 26.3. The van der Waals surface area contributed by atoms with Crippen molar-refractivity contribution in [3.8, 4) is 0 Å². The Morgan fingerprint density at radius 3 is 2.20 bits per heavy atom. The molecule has 0 spiro atoms. The van der Waals surface area contributed by atoms with Crippen LogP contribution in [-0.4, -0.2) is 53.7 Å². The fourth-order valence-corrected chi connectivity index (χ4v) is 5.44. The van der Waals surface area contributed by atoms with Crippen LogP contribution in [0.25, 0.3) is 0 Å². The van der Waals surface area contributed by atoms with E-state index >= 15 is 0 Å². The molecule has 6 heteroatoms. The SMILES string of the molecule is CCCCCCCC1C(=O)CC(O)C1/C=C/C(O)CCCCC.CC[NH+](CC)CC(=O)Nc1c(C)cccc1C. The number of ketones is 1. The van der Waals surface area contributed by atoms with Gasteiger partial charge in [-0.05, 0) is 51.7 Å². The quantitative estimate of drug-likeness (QED) is 0.148. The van der Waals surface area contributed by atoms with Crippen LogP contribution in [0.5, 0.6) is 0 Å². The molecule has 1 fully saturated rings. The summed E-state index contributed by atoms with van der Waals surface area (Å²) in [5, 5.41) is 23.2. The lowest BCUT2D eigenvalue weighted by Gasteiger charge is -2.18. The Labute approximate surface area is 244 Å². The van der Waals surface area contributed by atoms with Gasteiger partial charge in [0, 0.05) is 23.9 Å². The Balaban J connectivity index is 0.000000418. The number of aryl methyl sites for hydroxylation is 2. The molecule has 228 valence electrons. The Kier molecular flexibility index (Phi) is 18.7. The van der Waals surface area contributed by atoms with E-state index in [1.54, 1.807) is 6.08 Å². The van der Waals surface area contributed by atoms with E-state index in [9.17, 15) is 19.8 Å². The van der Waals surface area contributed by atoms with Crippen LogP contribution in [0.2, 0.25) is 0 Å². The van der Waals surface area contributed by atoms with Crippen LogP contribution in [0.4, 0.5) is 5.69 Å². The van der Waals surface area contributed by atoms with Gasteiger partial charge < -0.3 is 20.4 Å². The standard InChI is InChI=1S/C20H36O3.C14H22N2O/c1-3-5-7-8-10-12-17-18(20(23)15-19(17)22)14-13-16(21)11-9-6-4-2;1-5-16(6-2)10-13(17)15-14-11(3)8-7-9-12(14)4/h13-14,16-18,20-21,23H,3-12,15H2,1-2H3;7-9H,5-6,10H2,1-4H3,(H,15,17)/p+1/b14-13+;. The van der Waals surface area contributed by atoms with Crippen molar-refractivity contribution in [2.75, 3.05) is 25.0 Å². The molecule has 0 heterocycles. The van der Waals surface area contributed by atoms with Crippen molar-refractivity contribution in [1.29, 1.82) is 0 Å². The van der Waals surface area contributed by atoms with E-state index in [-0.39, 0.29) is 29.9 Å². The lowest BCUT2D eigenvalue weighted by atomic mass is 9.88. The van der Waals surface area contributed by atoms with Gasteiger partial charge in [-0.2, -0.15) is 0 Å². The molecule has 1 aliphatic carbocycles. The highest BCUT2D eigenvalue weighted by Gasteiger charge is 2.39. The number of carbonyl (C=O) groups is 2. The maximum Gasteiger partial charge on any atom is 0.279 e. The van der Waals surface area contributed by atoms with Crippen molar-refractivity contribution in [1.82, 2.24) is 0 Å². The maximum atomic E-state index is 12.1. The van der Waals surface area contributed by atoms with Crippen molar-refractivity contribution in [2.45, 2.75) is 124 Å². The molecular weight excluding hydrogens is 500 g/mol. The zero-order chi connectivity index (χ0) is 29.9. The number of nitrogens with one attached hydrogen (secondary N) is 2. The third-order valence-corrected chi connectivity index (χ3v) is 8.17. The zero-order valence-corrected chi connectivity index (χ0v) is 26.3. The minimum atomic E-state index is -0.567. The topological polar surface area (TPSA) is 91.1 Å². The second-order valence-electron chi connectivity index (χ2n) is 11.5. The molecule has 0 aromatic heterocycles. The summed E-state index contributed by atoms with van der Waals surface area (Å²) < 4.78 is 0. The van der Waals surface area contributed by atoms with Gasteiger partial charge in [0.05, 0.1) is 25.3 Å². The molecule has 2 rings (SSSR count). The number of anilines is 1. The van der Waals surface area contributed by atoms with Crippen LogP contribution in [-0.2, 0) is 9.59 Å². The van der Waals surface area contributed by atoms with E-state index in [0.717, 1.165) is 68.4 Å². The van der Waals surface area contributed by atoms with Crippen molar-refractivity contribution >= 4 is 17.4 Å². The van der Waals surface area contributed by atoms with Gasteiger partial charge in [-0.1, -0.05) is 95.6 Å². The number of hydrogen-bond acceptors (Lipinski definition) is 4. The minimum absolute atomic E-state index is 0.0503. The summed E-state index contributed by atoms with van der Waals surface area (Å²) in [4.78, 5) is 25.3. The molecule has 1 amide bonds. The first-order valence-corrected chi connectivity index (χ1v) is 15.9. The van der Waals surface area contributed by atoms with Crippen molar-refractivity contribution in [3.05, 3.63) is 41.5 Å². The Morgan fingerprint density at radius 1 is 1.00 bits per heavy atom. The smallest absolute Gasteiger partial charge is 0.279 e. The Hall–Kier alpha value is -2.02. The van der Waals surface area contributed by atoms with E-state index in [1.165, 1.54) is 30.6 Å². The first kappa shape index (κ1) is 36.0. The molecule has 1 aromatic carbocycles. The summed E-state index contributed by atoms with van der Waals surface area (Å²) in [5.74, 6) is 0.143. The number of benzene rings is 1. The van der Waals surface area contributed by atoms with Gasteiger partial charge in [0.1, 0.15) is 5.78 Å². The van der Waals surface area contributed by atoms with Gasteiger partial charge in [0.25, 0.3) is 5.91 Å². The lowest BCUT2D eigenvalue weighted by molar-refractivity contribution is -0.888. The molecule has 1 saturated carbocycles. The summed E-state index contributed by atoms with van der Waals surface area (Å²) in [6.45, 7) is 15.1. The van der Waals surface area contributed by atoms with Crippen LogP contribution < -0.4 is 10.2 Å². The fraction of sp³-hybridized carbons (Fsp3) is 0.706. The van der Waals surface area contributed by atoms with Gasteiger partial charge in [-0.25, -0.2) is 0 Å². The van der Waals surface area contributed by atoms with Crippen LogP contribution in [0.1, 0.15) is 109 Å². The Morgan fingerprint density at radius 2 is 1.60 bits per heavy atom. The number of aliphatic hydroxyl groups is 2. The molecule has 0 saturated heterocycles. The summed E-state index contributed by atoms with van der Waals surface area (Å²) in [6.07, 6.45) is 13.9. The van der Waals surface area contributed by atoms with Gasteiger partial charge in [0.15, 0.2) is 6.54 Å². The predicted octanol–water partition coefficient (Wildman–Crippen LogP) is 5.58.